The summed E-state index contributed by atoms with van der Waals surface area (Å²) in [4.78, 5) is 15.5. The zero-order valence-electron chi connectivity index (χ0n) is 28.5. The van der Waals surface area contributed by atoms with Gasteiger partial charge in [-0.3, -0.25) is 0 Å². The summed E-state index contributed by atoms with van der Waals surface area (Å²) in [5.41, 5.74) is 11.5. The predicted molar refractivity (Wildman–Crippen MR) is 224 cm³/mol. The molecule has 53 heavy (non-hydrogen) atoms. The first-order valence-electron chi connectivity index (χ1n) is 17.9. The number of hydrogen-bond acceptors (Lipinski definition) is 4. The Balaban J connectivity index is 1.04. The molecule has 11 rings (SSSR count). The topological polar surface area (TPSA) is 38.7 Å². The molecule has 4 aromatic heterocycles. The van der Waals surface area contributed by atoms with Crippen molar-refractivity contribution in [1.29, 1.82) is 0 Å². The van der Waals surface area contributed by atoms with E-state index in [1.165, 1.54) is 47.5 Å². The van der Waals surface area contributed by atoms with Gasteiger partial charge in [-0.1, -0.05) is 152 Å². The number of fused-ring (bicyclic) bond motifs is 10. The Morgan fingerprint density at radius 1 is 0.358 bits per heavy atom. The summed E-state index contributed by atoms with van der Waals surface area (Å²) < 4.78 is 2.57. The van der Waals surface area contributed by atoms with Crippen molar-refractivity contribution in [2.45, 2.75) is 0 Å². The largest absolute Gasteiger partial charge is 0.247 e. The van der Waals surface area contributed by atoms with Crippen LogP contribution in [0.5, 0.6) is 0 Å². The van der Waals surface area contributed by atoms with Crippen LogP contribution in [0.4, 0.5) is 0 Å². The Bertz CT molecular complexity index is 3200. The van der Waals surface area contributed by atoms with Crippen LogP contribution in [0.25, 0.3) is 109 Å². The number of hydrogen-bond donors (Lipinski definition) is 0. The van der Waals surface area contributed by atoms with Crippen LogP contribution >= 0.6 is 11.3 Å². The third-order valence-corrected chi connectivity index (χ3v) is 11.7. The van der Waals surface area contributed by atoms with Gasteiger partial charge >= 0.3 is 0 Å². The summed E-state index contributed by atoms with van der Waals surface area (Å²) in [5.74, 6) is 0. The average Bonchev–Trinajstić information content (AvgIpc) is 3.63. The minimum Gasteiger partial charge on any atom is -0.247 e. The predicted octanol–water partition coefficient (Wildman–Crippen LogP) is 13.5. The van der Waals surface area contributed by atoms with Crippen LogP contribution in [-0.2, 0) is 0 Å². The Hall–Kier alpha value is -6.75. The van der Waals surface area contributed by atoms with Crippen molar-refractivity contribution < 1.29 is 0 Å². The molecule has 0 bridgehead atoms. The van der Waals surface area contributed by atoms with E-state index in [2.05, 4.69) is 170 Å². The van der Waals surface area contributed by atoms with Crippen LogP contribution in [-0.4, -0.2) is 15.0 Å². The fourth-order valence-corrected chi connectivity index (χ4v) is 9.14. The summed E-state index contributed by atoms with van der Waals surface area (Å²) >= 11 is 1.87. The second kappa shape index (κ2) is 11.9. The van der Waals surface area contributed by atoms with Crippen LogP contribution < -0.4 is 0 Å². The Morgan fingerprint density at radius 3 is 1.66 bits per heavy atom. The molecule has 0 amide bonds. The van der Waals surface area contributed by atoms with Crippen LogP contribution in [0.1, 0.15) is 0 Å². The molecule has 0 aliphatic carbocycles. The minimum absolute atomic E-state index is 0.919. The molecular formula is C49H29N3S. The summed E-state index contributed by atoms with van der Waals surface area (Å²) in [5, 5.41) is 8.38. The maximum absolute atomic E-state index is 5.21. The van der Waals surface area contributed by atoms with Crippen molar-refractivity contribution in [2.75, 3.05) is 0 Å². The standard InChI is InChI=1S/C49H29N3S/c1-3-10-31(11-4-1)40-27-24-34-22-23-35-25-28-41(51-48(35)47(34)50-40)32-20-18-30(19-21-32)36-15-9-16-39-45-43(53-49(36)39)29-26-38-44(45)37-14-7-8-17-42(37)52-46(38)33-12-5-2-6-13-33/h1-29H. The third kappa shape index (κ3) is 4.84. The number of pyridine rings is 3. The van der Waals surface area contributed by atoms with Gasteiger partial charge in [0, 0.05) is 63.8 Å². The molecule has 0 fully saturated rings. The van der Waals surface area contributed by atoms with E-state index in [4.69, 9.17) is 15.0 Å². The van der Waals surface area contributed by atoms with Crippen LogP contribution in [0, 0.1) is 0 Å². The average molecular weight is 692 g/mol. The summed E-state index contributed by atoms with van der Waals surface area (Å²) in [6.07, 6.45) is 0. The maximum Gasteiger partial charge on any atom is 0.0972 e. The molecule has 0 radical (unpaired) electrons. The van der Waals surface area contributed by atoms with Gasteiger partial charge < -0.3 is 0 Å². The fraction of sp³-hybridized carbons (Fsp3) is 0. The van der Waals surface area contributed by atoms with Gasteiger partial charge in [0.2, 0.25) is 0 Å². The molecular weight excluding hydrogens is 663 g/mol. The zero-order valence-corrected chi connectivity index (χ0v) is 29.3. The van der Waals surface area contributed by atoms with Crippen molar-refractivity contribution in [1.82, 2.24) is 15.0 Å². The van der Waals surface area contributed by atoms with Crippen molar-refractivity contribution in [3.63, 3.8) is 0 Å². The van der Waals surface area contributed by atoms with Gasteiger partial charge in [-0.05, 0) is 35.4 Å². The van der Waals surface area contributed by atoms with Gasteiger partial charge in [-0.25, -0.2) is 15.0 Å². The lowest BCUT2D eigenvalue weighted by Gasteiger charge is -2.11. The fourth-order valence-electron chi connectivity index (χ4n) is 7.89. The number of rotatable bonds is 4. The quantitative estimate of drug-likeness (QED) is 0.172. The third-order valence-electron chi connectivity index (χ3n) is 10.5. The number of para-hydroxylation sites is 1. The second-order valence-electron chi connectivity index (χ2n) is 13.5. The number of aromatic nitrogens is 3. The van der Waals surface area contributed by atoms with Crippen molar-refractivity contribution in [3.8, 4) is 44.9 Å². The van der Waals surface area contributed by atoms with Gasteiger partial charge in [0.1, 0.15) is 0 Å². The smallest absolute Gasteiger partial charge is 0.0972 e. The molecule has 0 unspecified atom stereocenters. The maximum atomic E-state index is 5.21. The number of nitrogens with zero attached hydrogens (tertiary/aromatic N) is 3. The summed E-state index contributed by atoms with van der Waals surface area (Å²) in [6, 6.07) is 62.4. The van der Waals surface area contributed by atoms with E-state index in [-0.39, 0.29) is 0 Å². The Labute approximate surface area is 309 Å². The molecule has 0 N–H and O–H groups in total. The van der Waals surface area contributed by atoms with E-state index >= 15 is 0 Å². The molecule has 4 heteroatoms. The highest BCUT2D eigenvalue weighted by atomic mass is 32.1. The lowest BCUT2D eigenvalue weighted by molar-refractivity contribution is 1.36. The van der Waals surface area contributed by atoms with Crippen LogP contribution in [0.2, 0.25) is 0 Å². The zero-order chi connectivity index (χ0) is 34.9. The van der Waals surface area contributed by atoms with Gasteiger partial charge in [-0.15, -0.1) is 11.3 Å². The van der Waals surface area contributed by atoms with E-state index in [0.717, 1.165) is 61.1 Å². The lowest BCUT2D eigenvalue weighted by Crippen LogP contribution is -1.91. The monoisotopic (exact) mass is 691 g/mol. The molecule has 246 valence electrons. The molecule has 0 atom stereocenters. The molecule has 7 aromatic carbocycles. The van der Waals surface area contributed by atoms with Gasteiger partial charge in [0.25, 0.3) is 0 Å². The first-order chi connectivity index (χ1) is 26.3. The van der Waals surface area contributed by atoms with E-state index in [1.807, 2.05) is 17.4 Å². The van der Waals surface area contributed by atoms with Crippen molar-refractivity contribution in [2.24, 2.45) is 0 Å². The SMILES string of the molecule is c1ccc(-c2ccc3ccc4ccc(-c5ccc(-c6cccc7c6sc6ccc8c(-c9ccccc9)nc9ccccc9c8c67)cc5)nc4c3n2)cc1. The number of thiophene rings is 1. The first-order valence-corrected chi connectivity index (χ1v) is 18.7. The number of benzene rings is 7. The minimum atomic E-state index is 0.919. The van der Waals surface area contributed by atoms with E-state index < -0.39 is 0 Å². The normalized spacial score (nSPS) is 11.8. The van der Waals surface area contributed by atoms with Crippen LogP contribution in [0.3, 0.4) is 0 Å². The molecule has 4 heterocycles. The summed E-state index contributed by atoms with van der Waals surface area (Å²) in [7, 11) is 0. The molecule has 3 nitrogen and oxygen atoms in total. The molecule has 0 aliphatic heterocycles. The molecule has 0 saturated heterocycles. The van der Waals surface area contributed by atoms with E-state index in [1.54, 1.807) is 0 Å². The molecule has 0 saturated carbocycles. The molecule has 11 aromatic rings. The van der Waals surface area contributed by atoms with Gasteiger partial charge in [-0.2, -0.15) is 0 Å². The highest BCUT2D eigenvalue weighted by Gasteiger charge is 2.18. The van der Waals surface area contributed by atoms with Gasteiger partial charge in [0.15, 0.2) is 0 Å². The Kier molecular flexibility index (Phi) is 6.73. The van der Waals surface area contributed by atoms with Gasteiger partial charge in [0.05, 0.1) is 33.6 Å². The molecule has 0 spiro atoms. The Morgan fingerprint density at radius 2 is 0.943 bits per heavy atom. The highest BCUT2D eigenvalue weighted by Crippen LogP contribution is 2.46. The summed E-state index contributed by atoms with van der Waals surface area (Å²) in [6.45, 7) is 0. The lowest BCUT2D eigenvalue weighted by atomic mass is 9.95. The van der Waals surface area contributed by atoms with E-state index in [9.17, 15) is 0 Å². The first kappa shape index (κ1) is 29.9. The second-order valence-corrected chi connectivity index (χ2v) is 14.6. The van der Waals surface area contributed by atoms with Crippen LogP contribution in [0.15, 0.2) is 176 Å². The highest BCUT2D eigenvalue weighted by molar-refractivity contribution is 7.26. The molecule has 0 aliphatic rings. The van der Waals surface area contributed by atoms with Crippen molar-refractivity contribution in [3.05, 3.63) is 176 Å². The van der Waals surface area contributed by atoms with E-state index in [0.29, 0.717) is 0 Å². The van der Waals surface area contributed by atoms with Crippen molar-refractivity contribution >= 4 is 75.0 Å².